The van der Waals surface area contributed by atoms with E-state index < -0.39 is 0 Å². The average Bonchev–Trinajstić information content (AvgIpc) is 2.42. The van der Waals surface area contributed by atoms with Crippen LogP contribution in [0.3, 0.4) is 0 Å². The number of hydrogen-bond acceptors (Lipinski definition) is 2. The largest absolute Gasteiger partial charge is 0.496 e. The maximum Gasteiger partial charge on any atom is 0.122 e. The Balaban J connectivity index is 2.24. The van der Waals surface area contributed by atoms with Crippen molar-refractivity contribution in [2.24, 2.45) is 5.73 Å². The molecule has 0 spiro atoms. The number of methoxy groups -OCH3 is 1. The van der Waals surface area contributed by atoms with Gasteiger partial charge >= 0.3 is 0 Å². The van der Waals surface area contributed by atoms with Crippen LogP contribution in [0, 0.1) is 0 Å². The van der Waals surface area contributed by atoms with Crippen molar-refractivity contribution in [2.75, 3.05) is 7.11 Å². The maximum absolute atomic E-state index is 6.25. The lowest BCUT2D eigenvalue weighted by Crippen LogP contribution is -2.14. The molecule has 0 saturated heterocycles. The van der Waals surface area contributed by atoms with Crippen LogP contribution in [0.5, 0.6) is 5.75 Å². The molecule has 106 valence electrons. The smallest absolute Gasteiger partial charge is 0.122 e. The Morgan fingerprint density at radius 1 is 1.20 bits per heavy atom. The van der Waals surface area contributed by atoms with Gasteiger partial charge in [0.1, 0.15) is 5.75 Å². The van der Waals surface area contributed by atoms with Gasteiger partial charge in [0.15, 0.2) is 0 Å². The van der Waals surface area contributed by atoms with Crippen molar-refractivity contribution in [3.05, 3.63) is 62.0 Å². The van der Waals surface area contributed by atoms with Crippen LogP contribution >= 0.6 is 39.1 Å². The molecule has 0 amide bonds. The van der Waals surface area contributed by atoms with Crippen molar-refractivity contribution in [1.82, 2.24) is 0 Å². The van der Waals surface area contributed by atoms with Gasteiger partial charge in [-0.15, -0.1) is 0 Å². The molecule has 0 saturated carbocycles. The van der Waals surface area contributed by atoms with Gasteiger partial charge in [-0.25, -0.2) is 0 Å². The molecule has 5 heteroatoms. The van der Waals surface area contributed by atoms with E-state index in [4.69, 9.17) is 33.7 Å². The Hall–Kier alpha value is -0.740. The first-order valence-corrected chi connectivity index (χ1v) is 7.59. The molecule has 0 fully saturated rings. The predicted octanol–water partition coefficient (Wildman–Crippen LogP) is 5.01. The quantitative estimate of drug-likeness (QED) is 0.816. The minimum atomic E-state index is -0.173. The first-order valence-electron chi connectivity index (χ1n) is 6.04. The van der Waals surface area contributed by atoms with Gasteiger partial charge in [-0.3, -0.25) is 0 Å². The molecular formula is C15H14BrCl2NO. The molecule has 0 radical (unpaired) electrons. The Kier molecular flexibility index (Phi) is 5.33. The van der Waals surface area contributed by atoms with Gasteiger partial charge < -0.3 is 10.5 Å². The lowest BCUT2D eigenvalue weighted by atomic mass is 9.99. The van der Waals surface area contributed by atoms with E-state index in [9.17, 15) is 0 Å². The highest BCUT2D eigenvalue weighted by atomic mass is 79.9. The van der Waals surface area contributed by atoms with Crippen LogP contribution in [-0.2, 0) is 6.42 Å². The van der Waals surface area contributed by atoms with Crippen LogP contribution in [0.15, 0.2) is 40.9 Å². The van der Waals surface area contributed by atoms with Crippen LogP contribution in [0.2, 0.25) is 10.0 Å². The second kappa shape index (κ2) is 6.81. The maximum atomic E-state index is 6.25. The molecule has 1 unspecified atom stereocenters. The standard InChI is InChI=1S/C15H14BrCl2NO/c1-20-15-5-3-11(17)6-10(15)8-14(19)9-2-4-12(16)13(18)7-9/h2-7,14H,8,19H2,1H3. The number of ether oxygens (including phenoxy) is 1. The lowest BCUT2D eigenvalue weighted by molar-refractivity contribution is 0.408. The van der Waals surface area contributed by atoms with Crippen LogP contribution in [0.4, 0.5) is 0 Å². The normalized spacial score (nSPS) is 12.2. The Morgan fingerprint density at radius 3 is 2.60 bits per heavy atom. The number of hydrogen-bond donors (Lipinski definition) is 1. The molecule has 20 heavy (non-hydrogen) atoms. The summed E-state index contributed by atoms with van der Waals surface area (Å²) in [5.74, 6) is 0.785. The summed E-state index contributed by atoms with van der Waals surface area (Å²) in [6.07, 6.45) is 0.627. The fourth-order valence-electron chi connectivity index (χ4n) is 2.00. The van der Waals surface area contributed by atoms with E-state index in [1.807, 2.05) is 30.3 Å². The molecule has 0 aliphatic rings. The molecule has 0 heterocycles. The van der Waals surface area contributed by atoms with Crippen molar-refractivity contribution in [3.8, 4) is 5.75 Å². The van der Waals surface area contributed by atoms with E-state index in [0.717, 1.165) is 21.3 Å². The number of halogens is 3. The summed E-state index contributed by atoms with van der Waals surface area (Å²) in [6, 6.07) is 11.1. The van der Waals surface area contributed by atoms with Gasteiger partial charge in [0, 0.05) is 15.5 Å². The summed E-state index contributed by atoms with van der Waals surface area (Å²) in [5, 5.41) is 1.32. The molecule has 1 atom stereocenters. The summed E-state index contributed by atoms with van der Waals surface area (Å²) in [6.45, 7) is 0. The van der Waals surface area contributed by atoms with Crippen LogP contribution in [-0.4, -0.2) is 7.11 Å². The van der Waals surface area contributed by atoms with Crippen LogP contribution < -0.4 is 10.5 Å². The highest BCUT2D eigenvalue weighted by Crippen LogP contribution is 2.29. The zero-order valence-corrected chi connectivity index (χ0v) is 14.0. The zero-order chi connectivity index (χ0) is 14.7. The Labute approximate surface area is 137 Å². The Morgan fingerprint density at radius 2 is 1.95 bits per heavy atom. The Bertz CT molecular complexity index is 619. The summed E-state index contributed by atoms with van der Waals surface area (Å²) in [5.41, 5.74) is 8.20. The molecule has 0 bridgehead atoms. The molecular weight excluding hydrogens is 361 g/mol. The van der Waals surface area contributed by atoms with E-state index in [1.54, 1.807) is 13.2 Å². The molecule has 2 aromatic carbocycles. The lowest BCUT2D eigenvalue weighted by Gasteiger charge is -2.15. The van der Waals surface area contributed by atoms with Crippen molar-refractivity contribution in [2.45, 2.75) is 12.5 Å². The van der Waals surface area contributed by atoms with Gasteiger partial charge in [-0.1, -0.05) is 29.3 Å². The number of nitrogens with two attached hydrogens (primary N) is 1. The molecule has 2 N–H and O–H groups in total. The van der Waals surface area contributed by atoms with Crippen molar-refractivity contribution >= 4 is 39.1 Å². The summed E-state index contributed by atoms with van der Waals surface area (Å²) in [4.78, 5) is 0. The van der Waals surface area contributed by atoms with Crippen LogP contribution in [0.25, 0.3) is 0 Å². The average molecular weight is 375 g/mol. The highest BCUT2D eigenvalue weighted by molar-refractivity contribution is 9.10. The van der Waals surface area contributed by atoms with E-state index in [-0.39, 0.29) is 6.04 Å². The van der Waals surface area contributed by atoms with Crippen molar-refractivity contribution < 1.29 is 4.74 Å². The molecule has 2 rings (SSSR count). The van der Waals surface area contributed by atoms with Gasteiger partial charge in [-0.05, 0) is 63.8 Å². The highest BCUT2D eigenvalue weighted by Gasteiger charge is 2.12. The van der Waals surface area contributed by atoms with Crippen molar-refractivity contribution in [3.63, 3.8) is 0 Å². The first kappa shape index (κ1) is 15.6. The third kappa shape index (κ3) is 3.67. The fraction of sp³-hybridized carbons (Fsp3) is 0.200. The van der Waals surface area contributed by atoms with Crippen LogP contribution in [0.1, 0.15) is 17.2 Å². The SMILES string of the molecule is COc1ccc(Cl)cc1CC(N)c1ccc(Br)c(Cl)c1. The molecule has 2 nitrogen and oxygen atoms in total. The number of benzene rings is 2. The second-order valence-electron chi connectivity index (χ2n) is 4.44. The molecule has 2 aromatic rings. The zero-order valence-electron chi connectivity index (χ0n) is 10.9. The summed E-state index contributed by atoms with van der Waals surface area (Å²) in [7, 11) is 1.63. The summed E-state index contributed by atoms with van der Waals surface area (Å²) < 4.78 is 6.19. The van der Waals surface area contributed by atoms with Gasteiger partial charge in [0.05, 0.1) is 12.1 Å². The summed E-state index contributed by atoms with van der Waals surface area (Å²) >= 11 is 15.5. The van der Waals surface area contributed by atoms with Gasteiger partial charge in [-0.2, -0.15) is 0 Å². The van der Waals surface area contributed by atoms with Gasteiger partial charge in [0.2, 0.25) is 0 Å². The topological polar surface area (TPSA) is 35.2 Å². The van der Waals surface area contributed by atoms with E-state index in [0.29, 0.717) is 16.5 Å². The second-order valence-corrected chi connectivity index (χ2v) is 6.14. The fourth-order valence-corrected chi connectivity index (χ4v) is 2.63. The van der Waals surface area contributed by atoms with Gasteiger partial charge in [0.25, 0.3) is 0 Å². The molecule has 0 aliphatic heterocycles. The van der Waals surface area contributed by atoms with E-state index in [1.165, 1.54) is 0 Å². The minimum absolute atomic E-state index is 0.173. The van der Waals surface area contributed by atoms with E-state index in [2.05, 4.69) is 15.9 Å². The van der Waals surface area contributed by atoms with E-state index >= 15 is 0 Å². The first-order chi connectivity index (χ1) is 9.51. The third-order valence-corrected chi connectivity index (χ3v) is 4.52. The van der Waals surface area contributed by atoms with Crippen molar-refractivity contribution in [1.29, 1.82) is 0 Å². The monoisotopic (exact) mass is 373 g/mol. The molecule has 0 aliphatic carbocycles. The molecule has 0 aromatic heterocycles. The third-order valence-electron chi connectivity index (χ3n) is 3.05. The predicted molar refractivity (Wildman–Crippen MR) is 87.8 cm³/mol. The number of rotatable bonds is 4. The minimum Gasteiger partial charge on any atom is -0.496 e.